The van der Waals surface area contributed by atoms with Gasteiger partial charge in [-0.2, -0.15) is 0 Å². The van der Waals surface area contributed by atoms with Crippen molar-refractivity contribution in [1.29, 1.82) is 0 Å². The fourth-order valence-corrected chi connectivity index (χ4v) is 3.52. The highest BCUT2D eigenvalue weighted by atomic mass is 16.5. The fourth-order valence-electron chi connectivity index (χ4n) is 3.52. The molecule has 1 heterocycles. The maximum atomic E-state index is 6.01. The van der Waals surface area contributed by atoms with Gasteiger partial charge >= 0.3 is 0 Å². The van der Waals surface area contributed by atoms with Gasteiger partial charge in [-0.3, -0.25) is 9.89 Å². The summed E-state index contributed by atoms with van der Waals surface area (Å²) in [5.74, 6) is 2.42. The van der Waals surface area contributed by atoms with Crippen molar-refractivity contribution in [2.24, 2.45) is 4.99 Å². The van der Waals surface area contributed by atoms with E-state index in [1.54, 1.807) is 7.11 Å². The fraction of sp³-hybridized carbons (Fsp3) is 0.650. The quantitative estimate of drug-likeness (QED) is 0.569. The van der Waals surface area contributed by atoms with Crippen LogP contribution in [-0.2, 0) is 0 Å². The lowest BCUT2D eigenvalue weighted by molar-refractivity contribution is 0.209. The number of nitrogens with one attached hydrogen (secondary N) is 1. The van der Waals surface area contributed by atoms with E-state index >= 15 is 0 Å². The van der Waals surface area contributed by atoms with Gasteiger partial charge in [0.05, 0.1) is 13.7 Å². The lowest BCUT2D eigenvalue weighted by Gasteiger charge is -2.30. The first-order chi connectivity index (χ1) is 12.6. The van der Waals surface area contributed by atoms with Crippen LogP contribution in [0.5, 0.6) is 11.5 Å². The molecule has 1 N–H and O–H groups in total. The third-order valence-electron chi connectivity index (χ3n) is 4.91. The zero-order chi connectivity index (χ0) is 18.9. The minimum Gasteiger partial charge on any atom is -0.493 e. The van der Waals surface area contributed by atoms with Gasteiger partial charge in [-0.05, 0) is 45.0 Å². The first-order valence-electron chi connectivity index (χ1n) is 9.54. The maximum Gasteiger partial charge on any atom is 0.193 e. The molecule has 0 amide bonds. The summed E-state index contributed by atoms with van der Waals surface area (Å²) >= 11 is 0. The molecular formula is C20H34N4O2. The molecular weight excluding hydrogens is 328 g/mol. The summed E-state index contributed by atoms with van der Waals surface area (Å²) in [6, 6.07) is 8.34. The number of rotatable bonds is 8. The molecule has 0 aromatic heterocycles. The number of para-hydroxylation sites is 2. The molecule has 1 aliphatic rings. The normalized spacial score (nSPS) is 19.3. The van der Waals surface area contributed by atoms with Crippen molar-refractivity contribution in [2.45, 2.75) is 38.8 Å². The van der Waals surface area contributed by atoms with E-state index in [0.29, 0.717) is 12.6 Å². The monoisotopic (exact) mass is 362 g/mol. The van der Waals surface area contributed by atoms with E-state index in [9.17, 15) is 0 Å². The summed E-state index contributed by atoms with van der Waals surface area (Å²) < 4.78 is 11.4. The van der Waals surface area contributed by atoms with Crippen molar-refractivity contribution < 1.29 is 9.47 Å². The zero-order valence-electron chi connectivity index (χ0n) is 16.9. The first kappa shape index (κ1) is 20.4. The van der Waals surface area contributed by atoms with Crippen LogP contribution in [0.15, 0.2) is 29.3 Å². The molecule has 26 heavy (non-hydrogen) atoms. The molecule has 2 atom stereocenters. The Morgan fingerprint density at radius 3 is 2.77 bits per heavy atom. The molecule has 0 aliphatic carbocycles. The van der Waals surface area contributed by atoms with Crippen molar-refractivity contribution in [2.75, 3.05) is 47.4 Å². The first-order valence-corrected chi connectivity index (χ1v) is 9.54. The summed E-state index contributed by atoms with van der Waals surface area (Å²) in [5, 5.41) is 3.43. The highest BCUT2D eigenvalue weighted by Gasteiger charge is 2.25. The van der Waals surface area contributed by atoms with E-state index in [0.717, 1.165) is 30.5 Å². The molecule has 6 heteroatoms. The van der Waals surface area contributed by atoms with E-state index in [4.69, 9.17) is 9.47 Å². The topological polar surface area (TPSA) is 49.3 Å². The van der Waals surface area contributed by atoms with Crippen LogP contribution >= 0.6 is 0 Å². The molecule has 1 saturated heterocycles. The van der Waals surface area contributed by atoms with Crippen LogP contribution in [0.3, 0.4) is 0 Å². The number of ether oxygens (including phenoxy) is 2. The molecule has 0 spiro atoms. The Bertz CT molecular complexity index is 579. The predicted octanol–water partition coefficient (Wildman–Crippen LogP) is 2.45. The van der Waals surface area contributed by atoms with Gasteiger partial charge in [-0.25, -0.2) is 0 Å². The lowest BCUT2D eigenvalue weighted by Crippen LogP contribution is -2.47. The van der Waals surface area contributed by atoms with Crippen LogP contribution in [-0.4, -0.2) is 75.3 Å². The Morgan fingerprint density at radius 1 is 1.38 bits per heavy atom. The molecule has 1 aromatic rings. The molecule has 1 fully saturated rings. The number of hydrogen-bond donors (Lipinski definition) is 1. The minimum absolute atomic E-state index is 0.00456. The molecule has 6 nitrogen and oxygen atoms in total. The smallest absolute Gasteiger partial charge is 0.193 e. The van der Waals surface area contributed by atoms with Crippen molar-refractivity contribution >= 4 is 5.96 Å². The second-order valence-electron chi connectivity index (χ2n) is 6.81. The Hall–Kier alpha value is -1.95. The summed E-state index contributed by atoms with van der Waals surface area (Å²) in [4.78, 5) is 9.20. The number of likely N-dealkylation sites (N-methyl/N-ethyl adjacent to an activating group) is 2. The molecule has 0 radical (unpaired) electrons. The molecule has 146 valence electrons. The van der Waals surface area contributed by atoms with E-state index < -0.39 is 0 Å². The third-order valence-corrected chi connectivity index (χ3v) is 4.91. The number of likely N-dealkylation sites (tertiary alicyclic amines) is 1. The average Bonchev–Trinajstić information content (AvgIpc) is 3.09. The van der Waals surface area contributed by atoms with Gasteiger partial charge in [0.25, 0.3) is 0 Å². The molecule has 0 saturated carbocycles. The molecule has 2 unspecified atom stereocenters. The summed E-state index contributed by atoms with van der Waals surface area (Å²) in [7, 11) is 5.59. The van der Waals surface area contributed by atoms with Crippen molar-refractivity contribution in [3.63, 3.8) is 0 Å². The van der Waals surface area contributed by atoms with Crippen LogP contribution in [0.4, 0.5) is 0 Å². The van der Waals surface area contributed by atoms with E-state index in [1.165, 1.54) is 19.4 Å². The van der Waals surface area contributed by atoms with E-state index in [2.05, 4.69) is 34.1 Å². The number of benzene rings is 1. The SMILES string of the molecule is CCN1CCCC1CN(C)C(=NC)NCC(C)Oc1ccccc1OC. The van der Waals surface area contributed by atoms with Crippen LogP contribution in [0.2, 0.25) is 0 Å². The molecule has 2 rings (SSSR count). The number of aliphatic imine (C=N–C) groups is 1. The number of methoxy groups -OCH3 is 1. The van der Waals surface area contributed by atoms with Crippen LogP contribution < -0.4 is 14.8 Å². The highest BCUT2D eigenvalue weighted by Crippen LogP contribution is 2.26. The van der Waals surface area contributed by atoms with Gasteiger partial charge in [0.1, 0.15) is 6.10 Å². The highest BCUT2D eigenvalue weighted by molar-refractivity contribution is 5.79. The standard InChI is InChI=1S/C20H34N4O2/c1-6-24-13-9-10-17(24)15-23(4)20(21-3)22-14-16(2)26-19-12-8-7-11-18(19)25-5/h7-8,11-12,16-17H,6,9-10,13-15H2,1-5H3,(H,21,22). The van der Waals surface area contributed by atoms with Crippen molar-refractivity contribution in [1.82, 2.24) is 15.1 Å². The van der Waals surface area contributed by atoms with Gasteiger partial charge in [-0.15, -0.1) is 0 Å². The van der Waals surface area contributed by atoms with Crippen molar-refractivity contribution in [3.8, 4) is 11.5 Å². The maximum absolute atomic E-state index is 6.01. The molecule has 0 bridgehead atoms. The van der Waals surface area contributed by atoms with Gasteiger partial charge < -0.3 is 19.7 Å². The van der Waals surface area contributed by atoms with Crippen LogP contribution in [0.1, 0.15) is 26.7 Å². The lowest BCUT2D eigenvalue weighted by atomic mass is 10.2. The van der Waals surface area contributed by atoms with E-state index in [-0.39, 0.29) is 6.10 Å². The van der Waals surface area contributed by atoms with Gasteiger partial charge in [-0.1, -0.05) is 19.1 Å². The average molecular weight is 363 g/mol. The second-order valence-corrected chi connectivity index (χ2v) is 6.81. The summed E-state index contributed by atoms with van der Waals surface area (Å²) in [6.07, 6.45) is 2.56. The third kappa shape index (κ3) is 5.53. The molecule has 1 aromatic carbocycles. The van der Waals surface area contributed by atoms with Crippen molar-refractivity contribution in [3.05, 3.63) is 24.3 Å². The summed E-state index contributed by atoms with van der Waals surface area (Å²) in [5.41, 5.74) is 0. The minimum atomic E-state index is -0.00456. The van der Waals surface area contributed by atoms with E-state index in [1.807, 2.05) is 38.2 Å². The Labute approximate surface area is 158 Å². The molecule has 1 aliphatic heterocycles. The number of nitrogens with zero attached hydrogens (tertiary/aromatic N) is 3. The Morgan fingerprint density at radius 2 is 2.12 bits per heavy atom. The summed E-state index contributed by atoms with van der Waals surface area (Å²) in [6.45, 7) is 8.29. The van der Waals surface area contributed by atoms with Crippen LogP contribution in [0, 0.1) is 0 Å². The van der Waals surface area contributed by atoms with Gasteiger partial charge in [0.15, 0.2) is 17.5 Å². The zero-order valence-corrected chi connectivity index (χ0v) is 16.9. The number of guanidine groups is 1. The Balaban J connectivity index is 1.83. The van der Waals surface area contributed by atoms with Crippen LogP contribution in [0.25, 0.3) is 0 Å². The predicted molar refractivity (Wildman–Crippen MR) is 107 cm³/mol. The second kappa shape index (κ2) is 10.3. The van der Waals surface area contributed by atoms with Gasteiger partial charge in [0, 0.05) is 26.7 Å². The largest absolute Gasteiger partial charge is 0.493 e. The van der Waals surface area contributed by atoms with Gasteiger partial charge in [0.2, 0.25) is 0 Å². The number of hydrogen-bond acceptors (Lipinski definition) is 4. The Kier molecular flexibility index (Phi) is 8.04.